The molecule has 0 saturated carbocycles. The van der Waals surface area contributed by atoms with Crippen LogP contribution < -0.4 is 4.90 Å². The Balaban J connectivity index is 1.22. The molecule has 264 valence electrons. The maximum absolute atomic E-state index is 2.51. The van der Waals surface area contributed by atoms with Crippen molar-refractivity contribution >= 4 is 48.6 Å². The number of hydrogen-bond donors (Lipinski definition) is 0. The molecule has 1 nitrogen and oxygen atoms in total. The van der Waals surface area contributed by atoms with Crippen LogP contribution in [0, 0.1) is 0 Å². The molecule has 0 spiro atoms. The largest absolute Gasteiger partial charge is 0.310 e. The van der Waals surface area contributed by atoms with E-state index in [1.165, 1.54) is 87.1 Å². The third-order valence-corrected chi connectivity index (χ3v) is 13.6. The summed E-state index contributed by atoms with van der Waals surface area (Å²) in [6, 6.07) is 55.2. The third-order valence-electron chi connectivity index (χ3n) is 12.4. The Bertz CT molecular complexity index is 2820. The van der Waals surface area contributed by atoms with Gasteiger partial charge < -0.3 is 4.90 Å². The minimum Gasteiger partial charge on any atom is -0.310 e. The fraction of sp³-hybridized carbons (Fsp3) is 0.192. The quantitative estimate of drug-likeness (QED) is 0.175. The lowest BCUT2D eigenvalue weighted by Gasteiger charge is -2.29. The fourth-order valence-corrected chi connectivity index (χ4v) is 10.6. The third kappa shape index (κ3) is 4.76. The predicted octanol–water partition coefficient (Wildman–Crippen LogP) is 15.1. The Morgan fingerprint density at radius 1 is 0.444 bits per heavy atom. The molecule has 10 rings (SSSR count). The molecule has 2 aliphatic carbocycles. The summed E-state index contributed by atoms with van der Waals surface area (Å²) in [7, 11) is 0. The van der Waals surface area contributed by atoms with Gasteiger partial charge in [0, 0.05) is 47.9 Å². The number of anilines is 3. The maximum atomic E-state index is 2.51. The number of para-hydroxylation sites is 1. The van der Waals surface area contributed by atoms with Crippen molar-refractivity contribution < 1.29 is 0 Å². The topological polar surface area (TPSA) is 3.24 Å². The molecule has 0 bridgehead atoms. The van der Waals surface area contributed by atoms with Crippen LogP contribution in [0.2, 0.25) is 0 Å². The van der Waals surface area contributed by atoms with Gasteiger partial charge in [0.25, 0.3) is 0 Å². The van der Waals surface area contributed by atoms with E-state index >= 15 is 0 Å². The first kappa shape index (κ1) is 33.2. The Labute approximate surface area is 323 Å². The van der Waals surface area contributed by atoms with Gasteiger partial charge in [0.15, 0.2) is 0 Å². The lowest BCUT2D eigenvalue weighted by Crippen LogP contribution is -2.17. The summed E-state index contributed by atoms with van der Waals surface area (Å²) in [5.74, 6) is 0. The molecule has 0 saturated heterocycles. The van der Waals surface area contributed by atoms with E-state index in [-0.39, 0.29) is 16.2 Å². The van der Waals surface area contributed by atoms with Crippen LogP contribution in [-0.2, 0) is 16.2 Å². The number of hydrogen-bond acceptors (Lipinski definition) is 2. The zero-order valence-electron chi connectivity index (χ0n) is 32.2. The second-order valence-corrected chi connectivity index (χ2v) is 18.5. The van der Waals surface area contributed by atoms with E-state index in [4.69, 9.17) is 0 Å². The molecule has 1 aromatic heterocycles. The van der Waals surface area contributed by atoms with Crippen LogP contribution in [-0.4, -0.2) is 0 Å². The number of rotatable bonds is 4. The maximum Gasteiger partial charge on any atom is 0.0540 e. The minimum absolute atomic E-state index is 0.0547. The van der Waals surface area contributed by atoms with Gasteiger partial charge in [-0.05, 0) is 97.4 Å². The molecule has 0 unspecified atom stereocenters. The van der Waals surface area contributed by atoms with Crippen molar-refractivity contribution in [3.8, 4) is 33.4 Å². The average Bonchev–Trinajstić information content (AvgIpc) is 3.74. The SMILES string of the molecule is CC(C)(C)c1ccc2c(c1)C(C)(C)c1cccc(-c3ccccc3N(c3ccc4c(c3)-c3ccccc3C4(C)C)c3ccc4c(c3)sc3ccccc34)c1-2. The Kier molecular flexibility index (Phi) is 7.08. The van der Waals surface area contributed by atoms with Crippen molar-refractivity contribution in [2.45, 2.75) is 64.7 Å². The molecule has 0 aliphatic heterocycles. The van der Waals surface area contributed by atoms with E-state index in [0.29, 0.717) is 0 Å². The molecule has 2 aliphatic rings. The molecule has 0 radical (unpaired) electrons. The normalized spacial score (nSPS) is 14.9. The first-order valence-electron chi connectivity index (χ1n) is 19.3. The highest BCUT2D eigenvalue weighted by Crippen LogP contribution is 2.56. The molecule has 8 aromatic rings. The molecule has 7 aromatic carbocycles. The van der Waals surface area contributed by atoms with Crippen molar-refractivity contribution in [1.29, 1.82) is 0 Å². The number of fused-ring (bicyclic) bond motifs is 9. The van der Waals surface area contributed by atoms with Gasteiger partial charge in [-0.1, -0.05) is 158 Å². The van der Waals surface area contributed by atoms with Gasteiger partial charge in [-0.15, -0.1) is 11.3 Å². The molecular weight excluding hydrogens is 671 g/mol. The first-order valence-corrected chi connectivity index (χ1v) is 20.1. The fourth-order valence-electron chi connectivity index (χ4n) is 9.50. The van der Waals surface area contributed by atoms with Crippen molar-refractivity contribution in [3.05, 3.63) is 173 Å². The summed E-state index contributed by atoms with van der Waals surface area (Å²) in [5, 5.41) is 2.63. The minimum atomic E-state index is -0.108. The van der Waals surface area contributed by atoms with Gasteiger partial charge in [-0.25, -0.2) is 0 Å². The summed E-state index contributed by atoms with van der Waals surface area (Å²) in [5.41, 5.74) is 18.3. The van der Waals surface area contributed by atoms with E-state index in [2.05, 4.69) is 199 Å². The molecule has 54 heavy (non-hydrogen) atoms. The molecule has 0 N–H and O–H groups in total. The lowest BCUT2D eigenvalue weighted by molar-refractivity contribution is 0.584. The highest BCUT2D eigenvalue weighted by atomic mass is 32.1. The van der Waals surface area contributed by atoms with Crippen LogP contribution in [0.25, 0.3) is 53.6 Å². The van der Waals surface area contributed by atoms with Gasteiger partial charge in [0.2, 0.25) is 0 Å². The smallest absolute Gasteiger partial charge is 0.0540 e. The summed E-state index contributed by atoms with van der Waals surface area (Å²) in [4.78, 5) is 2.51. The number of benzene rings is 7. The highest BCUT2D eigenvalue weighted by Gasteiger charge is 2.39. The monoisotopic (exact) mass is 715 g/mol. The second kappa shape index (κ2) is 11.5. The van der Waals surface area contributed by atoms with E-state index < -0.39 is 0 Å². The van der Waals surface area contributed by atoms with Gasteiger partial charge in [-0.2, -0.15) is 0 Å². The van der Waals surface area contributed by atoms with Crippen LogP contribution >= 0.6 is 11.3 Å². The Morgan fingerprint density at radius 2 is 1.07 bits per heavy atom. The second-order valence-electron chi connectivity index (χ2n) is 17.4. The van der Waals surface area contributed by atoms with Gasteiger partial charge in [-0.3, -0.25) is 0 Å². The van der Waals surface area contributed by atoms with Crippen LogP contribution in [0.15, 0.2) is 146 Å². The summed E-state index contributed by atoms with van der Waals surface area (Å²) in [6.45, 7) is 16.5. The van der Waals surface area contributed by atoms with Gasteiger partial charge in [0.05, 0.1) is 5.69 Å². The van der Waals surface area contributed by atoms with E-state index in [1.807, 2.05) is 11.3 Å². The highest BCUT2D eigenvalue weighted by molar-refractivity contribution is 7.25. The van der Waals surface area contributed by atoms with Crippen molar-refractivity contribution in [2.24, 2.45) is 0 Å². The van der Waals surface area contributed by atoms with E-state index in [9.17, 15) is 0 Å². The predicted molar refractivity (Wildman–Crippen MR) is 233 cm³/mol. The van der Waals surface area contributed by atoms with E-state index in [0.717, 1.165) is 11.4 Å². The number of nitrogens with zero attached hydrogens (tertiary/aromatic N) is 1. The van der Waals surface area contributed by atoms with Gasteiger partial charge in [0.1, 0.15) is 0 Å². The lowest BCUT2D eigenvalue weighted by atomic mass is 9.79. The van der Waals surface area contributed by atoms with Crippen LogP contribution in [0.3, 0.4) is 0 Å². The summed E-state index contributed by atoms with van der Waals surface area (Å²) >= 11 is 1.88. The van der Waals surface area contributed by atoms with Crippen LogP contribution in [0.4, 0.5) is 17.1 Å². The summed E-state index contributed by atoms with van der Waals surface area (Å²) < 4.78 is 2.62. The summed E-state index contributed by atoms with van der Waals surface area (Å²) in [6.07, 6.45) is 0. The van der Waals surface area contributed by atoms with E-state index in [1.54, 1.807) is 0 Å². The van der Waals surface area contributed by atoms with Crippen LogP contribution in [0.5, 0.6) is 0 Å². The first-order chi connectivity index (χ1) is 25.9. The van der Waals surface area contributed by atoms with Crippen molar-refractivity contribution in [2.75, 3.05) is 4.90 Å². The molecular formula is C52H45NS. The molecule has 0 fully saturated rings. The molecule has 0 atom stereocenters. The van der Waals surface area contributed by atoms with Crippen molar-refractivity contribution in [1.82, 2.24) is 0 Å². The molecule has 0 amide bonds. The average molecular weight is 716 g/mol. The Hall–Kier alpha value is -5.44. The number of thiophene rings is 1. The van der Waals surface area contributed by atoms with Crippen LogP contribution in [0.1, 0.15) is 76.3 Å². The van der Waals surface area contributed by atoms with Crippen molar-refractivity contribution in [3.63, 3.8) is 0 Å². The molecule has 2 heteroatoms. The Morgan fingerprint density at radius 3 is 1.91 bits per heavy atom. The molecule has 1 heterocycles. The zero-order chi connectivity index (χ0) is 37.1. The zero-order valence-corrected chi connectivity index (χ0v) is 33.0. The standard InChI is InChI=1S/C52H45NS/c1-50(2,3)32-23-26-40-45(29-32)52(6,7)44-20-14-18-39(49(40)44)36-16-9-12-21-46(36)53(34-24-27-38-37-17-10-13-22-47(37)54-48(38)31-34)33-25-28-43-41(30-33)35-15-8-11-19-42(35)51(43,4)5/h8-31H,1-7H3. The van der Waals surface area contributed by atoms with Gasteiger partial charge >= 0.3 is 0 Å².